The van der Waals surface area contributed by atoms with Crippen molar-refractivity contribution in [1.29, 1.82) is 0 Å². The van der Waals surface area contributed by atoms with Crippen LogP contribution in [0.1, 0.15) is 0 Å². The molecule has 0 spiro atoms. The summed E-state index contributed by atoms with van der Waals surface area (Å²) in [5.74, 6) is -0.00461. The highest BCUT2D eigenvalue weighted by Crippen LogP contribution is 2.21. The van der Waals surface area contributed by atoms with Crippen LogP contribution in [0, 0.1) is 3.57 Å². The molecule has 1 aliphatic rings. The number of hydrogen-bond acceptors (Lipinski definition) is 3. The molecule has 1 amide bonds. The summed E-state index contributed by atoms with van der Waals surface area (Å²) in [5.41, 5.74) is 0.780. The van der Waals surface area contributed by atoms with Gasteiger partial charge in [-0.05, 0) is 40.8 Å². The Hall–Kier alpha value is -0.370. The normalized spacial score (nSPS) is 16.6. The molecule has 1 N–H and O–H groups in total. The summed E-state index contributed by atoms with van der Waals surface area (Å²) in [7, 11) is 0. The summed E-state index contributed by atoms with van der Waals surface area (Å²) in [6.45, 7) is 3.43. The SMILES string of the molecule is O=C(CN1CCOCC1)Nc1ccc(Cl)c(I)c1. The van der Waals surface area contributed by atoms with Crippen LogP contribution in [-0.4, -0.2) is 43.7 Å². The number of amides is 1. The van der Waals surface area contributed by atoms with Gasteiger partial charge in [-0.2, -0.15) is 0 Å². The summed E-state index contributed by atoms with van der Waals surface area (Å²) in [5, 5.41) is 3.57. The fourth-order valence-electron chi connectivity index (χ4n) is 1.74. The molecule has 1 aliphatic heterocycles. The molecule has 1 saturated heterocycles. The van der Waals surface area contributed by atoms with Gasteiger partial charge in [0.05, 0.1) is 24.8 Å². The summed E-state index contributed by atoms with van der Waals surface area (Å²) in [6.07, 6.45) is 0. The number of ether oxygens (including phenoxy) is 1. The zero-order chi connectivity index (χ0) is 13.0. The maximum atomic E-state index is 11.8. The van der Waals surface area contributed by atoms with Crippen LogP contribution in [0.4, 0.5) is 5.69 Å². The zero-order valence-electron chi connectivity index (χ0n) is 9.79. The minimum Gasteiger partial charge on any atom is -0.379 e. The van der Waals surface area contributed by atoms with E-state index < -0.39 is 0 Å². The second-order valence-electron chi connectivity index (χ2n) is 4.07. The third kappa shape index (κ3) is 4.08. The summed E-state index contributed by atoms with van der Waals surface area (Å²) >= 11 is 8.07. The Morgan fingerprint density at radius 3 is 2.83 bits per heavy atom. The molecule has 18 heavy (non-hydrogen) atoms. The van der Waals surface area contributed by atoms with Gasteiger partial charge < -0.3 is 10.1 Å². The number of nitrogens with one attached hydrogen (secondary N) is 1. The maximum Gasteiger partial charge on any atom is 0.238 e. The molecule has 1 heterocycles. The number of benzene rings is 1. The molecule has 1 fully saturated rings. The van der Waals surface area contributed by atoms with Crippen molar-refractivity contribution in [1.82, 2.24) is 4.90 Å². The number of hydrogen-bond donors (Lipinski definition) is 1. The number of anilines is 1. The summed E-state index contributed by atoms with van der Waals surface area (Å²) in [4.78, 5) is 13.9. The molecule has 0 aromatic heterocycles. The lowest BCUT2D eigenvalue weighted by atomic mass is 10.3. The smallest absolute Gasteiger partial charge is 0.238 e. The molecule has 0 saturated carbocycles. The number of carbonyl (C=O) groups is 1. The van der Waals surface area contributed by atoms with Gasteiger partial charge in [0.2, 0.25) is 5.91 Å². The van der Waals surface area contributed by atoms with Crippen LogP contribution in [0.15, 0.2) is 18.2 Å². The molecular formula is C12H14ClIN2O2. The van der Waals surface area contributed by atoms with Crippen molar-refractivity contribution in [2.75, 3.05) is 38.2 Å². The third-order valence-corrected chi connectivity index (χ3v) is 4.22. The quantitative estimate of drug-likeness (QED) is 0.818. The first kappa shape index (κ1) is 14.0. The Morgan fingerprint density at radius 1 is 1.44 bits per heavy atom. The van der Waals surface area contributed by atoms with Crippen molar-refractivity contribution >= 4 is 45.8 Å². The highest BCUT2D eigenvalue weighted by molar-refractivity contribution is 14.1. The topological polar surface area (TPSA) is 41.6 Å². The first-order valence-corrected chi connectivity index (χ1v) is 7.16. The lowest BCUT2D eigenvalue weighted by Gasteiger charge is -2.25. The monoisotopic (exact) mass is 380 g/mol. The average Bonchev–Trinajstić information content (AvgIpc) is 2.35. The molecule has 0 atom stereocenters. The molecule has 1 aromatic carbocycles. The fraction of sp³-hybridized carbons (Fsp3) is 0.417. The van der Waals surface area contributed by atoms with E-state index in [2.05, 4.69) is 32.8 Å². The van der Waals surface area contributed by atoms with Gasteiger partial charge in [0.15, 0.2) is 0 Å². The van der Waals surface area contributed by atoms with Crippen LogP contribution in [-0.2, 0) is 9.53 Å². The molecule has 0 aliphatic carbocycles. The predicted molar refractivity (Wildman–Crippen MR) is 80.1 cm³/mol. The van der Waals surface area contributed by atoms with Crippen LogP contribution >= 0.6 is 34.2 Å². The van der Waals surface area contributed by atoms with Crippen LogP contribution in [0.3, 0.4) is 0 Å². The van der Waals surface area contributed by atoms with E-state index in [-0.39, 0.29) is 5.91 Å². The Bertz CT molecular complexity index is 436. The van der Waals surface area contributed by atoms with Crippen molar-refractivity contribution in [2.24, 2.45) is 0 Å². The first-order chi connectivity index (χ1) is 8.65. The fourth-order valence-corrected chi connectivity index (χ4v) is 2.37. The zero-order valence-corrected chi connectivity index (χ0v) is 12.7. The van der Waals surface area contributed by atoms with Crippen molar-refractivity contribution in [3.63, 3.8) is 0 Å². The highest BCUT2D eigenvalue weighted by atomic mass is 127. The van der Waals surface area contributed by atoms with Gasteiger partial charge in [0.25, 0.3) is 0 Å². The first-order valence-electron chi connectivity index (χ1n) is 5.70. The van der Waals surface area contributed by atoms with Crippen LogP contribution in [0.2, 0.25) is 5.02 Å². The van der Waals surface area contributed by atoms with Gasteiger partial charge in [-0.15, -0.1) is 0 Å². The Kier molecular flexibility index (Phi) is 5.23. The molecule has 1 aromatic rings. The average molecular weight is 381 g/mol. The number of rotatable bonds is 3. The number of nitrogens with zero attached hydrogens (tertiary/aromatic N) is 1. The van der Waals surface area contributed by atoms with Crippen molar-refractivity contribution in [2.45, 2.75) is 0 Å². The standard InChI is InChI=1S/C12H14ClIN2O2/c13-10-2-1-9(7-11(10)14)15-12(17)8-16-3-5-18-6-4-16/h1-2,7H,3-6,8H2,(H,15,17). The van der Waals surface area contributed by atoms with E-state index in [9.17, 15) is 4.79 Å². The van der Waals surface area contributed by atoms with Gasteiger partial charge >= 0.3 is 0 Å². The summed E-state index contributed by atoms with van der Waals surface area (Å²) in [6, 6.07) is 5.45. The van der Waals surface area contributed by atoms with Crippen LogP contribution < -0.4 is 5.32 Å². The molecule has 6 heteroatoms. The number of carbonyl (C=O) groups excluding carboxylic acids is 1. The summed E-state index contributed by atoms with van der Waals surface area (Å²) < 4.78 is 6.17. The van der Waals surface area contributed by atoms with E-state index in [1.807, 2.05) is 12.1 Å². The number of halogens is 2. The molecular weight excluding hydrogens is 367 g/mol. The van der Waals surface area contributed by atoms with Gasteiger partial charge in [-0.25, -0.2) is 0 Å². The predicted octanol–water partition coefficient (Wildman–Crippen LogP) is 2.22. The minimum absolute atomic E-state index is 0.00461. The Morgan fingerprint density at radius 2 is 2.17 bits per heavy atom. The lowest BCUT2D eigenvalue weighted by molar-refractivity contribution is -0.118. The van der Waals surface area contributed by atoms with Gasteiger partial charge in [-0.1, -0.05) is 11.6 Å². The Labute approximate surface area is 125 Å². The van der Waals surface area contributed by atoms with Crippen molar-refractivity contribution in [3.05, 3.63) is 26.8 Å². The van der Waals surface area contributed by atoms with Crippen molar-refractivity contribution < 1.29 is 9.53 Å². The molecule has 0 bridgehead atoms. The van der Waals surface area contributed by atoms with E-state index in [0.717, 1.165) is 22.3 Å². The molecule has 2 rings (SSSR count). The Balaban J connectivity index is 1.88. The largest absolute Gasteiger partial charge is 0.379 e. The van der Waals surface area contributed by atoms with Crippen LogP contribution in [0.5, 0.6) is 0 Å². The minimum atomic E-state index is -0.00461. The van der Waals surface area contributed by atoms with E-state index in [4.69, 9.17) is 16.3 Å². The highest BCUT2D eigenvalue weighted by Gasteiger charge is 2.14. The molecule has 4 nitrogen and oxygen atoms in total. The number of morpholine rings is 1. The third-order valence-electron chi connectivity index (χ3n) is 2.67. The van der Waals surface area contributed by atoms with E-state index in [1.54, 1.807) is 6.07 Å². The molecule has 0 radical (unpaired) electrons. The van der Waals surface area contributed by atoms with Gasteiger partial charge in [-0.3, -0.25) is 9.69 Å². The van der Waals surface area contributed by atoms with E-state index in [1.165, 1.54) is 0 Å². The second-order valence-corrected chi connectivity index (χ2v) is 5.63. The van der Waals surface area contributed by atoms with Gasteiger partial charge in [0.1, 0.15) is 0 Å². The second kappa shape index (κ2) is 6.70. The van der Waals surface area contributed by atoms with Crippen LogP contribution in [0.25, 0.3) is 0 Å². The van der Waals surface area contributed by atoms with Gasteiger partial charge in [0, 0.05) is 22.3 Å². The van der Waals surface area contributed by atoms with E-state index in [0.29, 0.717) is 24.8 Å². The lowest BCUT2D eigenvalue weighted by Crippen LogP contribution is -2.41. The molecule has 0 unspecified atom stereocenters. The van der Waals surface area contributed by atoms with E-state index >= 15 is 0 Å². The molecule has 98 valence electrons. The van der Waals surface area contributed by atoms with Crippen molar-refractivity contribution in [3.8, 4) is 0 Å². The maximum absolute atomic E-state index is 11.8.